The number of aliphatic hydroxyl groups is 1. The Morgan fingerprint density at radius 1 is 0.536 bits per heavy atom. The molecule has 14 N–H and O–H groups in total. The number of unbranched alkanes of at least 4 members (excludes halogenated alkanes) is 3. The Balaban J connectivity index is -0.000000206. The van der Waals surface area contributed by atoms with Crippen LogP contribution in [0.2, 0.25) is 0 Å². The average molecular weight is 1880 g/mol. The number of Topliss-reactive ketones (excluding diaryl/α,β-unsaturated/α-hetero) is 1. The van der Waals surface area contributed by atoms with Crippen LogP contribution in [0.4, 0.5) is 5.13 Å². The summed E-state index contributed by atoms with van der Waals surface area (Å²) >= 11 is 1.66. The molecule has 0 aliphatic rings. The van der Waals surface area contributed by atoms with E-state index >= 15 is 0 Å². The monoisotopic (exact) mass is 1880 g/mol. The van der Waals surface area contributed by atoms with E-state index in [4.69, 9.17) is 26.3 Å². The standard InChI is InChI=1S/2C11H25N3O2S.C10H23N3O2S.C10H18N2S.C10H21NO2.C10H21NO.C10H20O.C9H21N3O2S.C8H17NO2/c1-11(2,3)8-7-9-12-10(14(4)5)13-17(6,15)16;1-11(2,3)9-7-6-8-10(14(4)5)13-17(12,15)16;1-10(2,3)8-6-5-7-9(12-4)13-16(11,14)15;1-10(2,3)5-4-6-11-9-12-7-8-13-9;1-10(2,3)6-5-7-11-9(12)8-13-4;1-5-11(10(4)12)8-6-7-9(2)3;1-5-9(11)7-6-8-10(2,3)4;1-9(2,3)7-5-4-6-8(10)12-15(11,13)14;1-7(2)4-3-5-9-8(11)6-10/h7-9H2,1-6H3,(H,12,13);6-9H2,1-5H3,(H2,12,15,16);5-8H2,1-4H3,(H,12,13)(H2,11,14,15);7-8H,4-6H2,1-3H3,(H,11,12);5-8H2,1-4H3,(H,11,12);9H,5-8H2,1-4H3;5-8H2,1-4H3;4-7H2,1-3H3,(H2,10,12)(H2,11,13,14);7,10H,3-6H2,1-2H3,(H,9,11). The summed E-state index contributed by atoms with van der Waals surface area (Å²) in [6.07, 6.45) is 28.5. The molecule has 125 heavy (non-hydrogen) atoms. The minimum Gasteiger partial charge on any atom is -0.387 e. The van der Waals surface area contributed by atoms with Crippen LogP contribution in [0.15, 0.2) is 30.4 Å². The lowest BCUT2D eigenvalue weighted by Gasteiger charge is -2.19. The summed E-state index contributed by atoms with van der Waals surface area (Å²) in [6.45, 7) is 65.1. The fourth-order valence-electron chi connectivity index (χ4n) is 10.3. The number of carbonyl (C=O) groups is 4. The van der Waals surface area contributed by atoms with Gasteiger partial charge < -0.3 is 46.2 Å². The van der Waals surface area contributed by atoms with Crippen molar-refractivity contribution >= 4 is 104 Å². The number of hydrogen-bond acceptors (Lipinski definition) is 19. The quantitative estimate of drug-likeness (QED) is 0.0165. The van der Waals surface area contributed by atoms with Gasteiger partial charge in [-0.1, -0.05) is 199 Å². The van der Waals surface area contributed by atoms with E-state index in [1.54, 1.807) is 63.3 Å². The van der Waals surface area contributed by atoms with E-state index in [0.29, 0.717) is 101 Å². The van der Waals surface area contributed by atoms with E-state index < -0.39 is 47.3 Å². The third-order valence-corrected chi connectivity index (χ3v) is 19.9. The molecule has 1 heterocycles. The lowest BCUT2D eigenvalue weighted by Crippen LogP contribution is -2.39. The molecule has 0 saturated heterocycles. The van der Waals surface area contributed by atoms with Gasteiger partial charge >= 0.3 is 20.4 Å². The van der Waals surface area contributed by atoms with Crippen LogP contribution in [-0.4, -0.2) is 207 Å². The molecule has 0 radical (unpaired) electrons. The molecule has 31 nitrogen and oxygen atoms in total. The first-order valence-electron chi connectivity index (χ1n) is 44.6. The molecule has 0 aliphatic heterocycles. The number of hydrogen-bond donors (Lipinski definition) is 10. The van der Waals surface area contributed by atoms with Crippen LogP contribution in [0, 0.1) is 49.7 Å². The Bertz CT molecular complexity index is 3510. The Kier molecular flexibility index (Phi) is 78.4. The molecular weight excluding hydrogens is 1690 g/mol. The van der Waals surface area contributed by atoms with Gasteiger partial charge in [0.15, 0.2) is 5.13 Å². The Hall–Kier alpha value is -5.21. The fourth-order valence-corrected chi connectivity index (χ4v) is 12.9. The van der Waals surface area contributed by atoms with Gasteiger partial charge in [-0.2, -0.15) is 25.3 Å². The zero-order valence-corrected chi connectivity index (χ0v) is 89.6. The highest BCUT2D eigenvalue weighted by Gasteiger charge is 2.18. The minimum absolute atomic E-state index is 0.0311. The van der Waals surface area contributed by atoms with Crippen LogP contribution < -0.4 is 46.5 Å². The normalized spacial score (nSPS) is 12.6. The number of nitrogens with one attached hydrogen (secondary N) is 5. The fraction of sp³-hybridized carbons (Fsp3) is 0.876. The van der Waals surface area contributed by atoms with Crippen LogP contribution in [0.1, 0.15) is 361 Å². The molecule has 1 rings (SSSR count). The highest BCUT2D eigenvalue weighted by atomic mass is 32.2. The number of guanidine groups is 1. The van der Waals surface area contributed by atoms with Crippen LogP contribution in [0.3, 0.4) is 0 Å². The molecule has 0 bridgehead atoms. The van der Waals surface area contributed by atoms with Gasteiger partial charge in [0.05, 0.1) is 6.26 Å². The molecule has 0 fully saturated rings. The van der Waals surface area contributed by atoms with Gasteiger partial charge in [-0.15, -0.1) is 20.1 Å². The number of nitrogens with zero attached hydrogens (tertiary/aromatic N) is 8. The predicted molar refractivity (Wildman–Crippen MR) is 533 cm³/mol. The molecule has 1 aromatic heterocycles. The zero-order chi connectivity index (χ0) is 99.5. The summed E-state index contributed by atoms with van der Waals surface area (Å²) in [4.78, 5) is 60.8. The van der Waals surface area contributed by atoms with Crippen LogP contribution in [0.5, 0.6) is 0 Å². The molecular formula is C89H191N17O14S5. The SMILES string of the molecule is CC(C)(C)CCCCC(N)=NS(N)(=O)=O.CC(C)(C)CCCNc1nccs1.CC(C)CCCNC(=O)CO.CCC(=O)CCCC(C)(C)C.CCN(CCCC(C)C)C(C)=O.CN(C)C(=NCCCC(C)(C)C)NS(C)(=O)=O.CN(C)C(CCCCC(C)(C)C)=NS(N)(=O)=O.CN=C(CCCCC(C)(C)C)NS(N)(=O)=O.COCC(=O)NCCCC(C)(C)C. The molecule has 0 spiro atoms. The van der Waals surface area contributed by atoms with Gasteiger partial charge in [0.2, 0.25) is 33.7 Å². The number of ether oxygens (including phenoxy) is 1. The summed E-state index contributed by atoms with van der Waals surface area (Å²) < 4.78 is 103. The lowest BCUT2D eigenvalue weighted by molar-refractivity contribution is -0.129. The number of ketones is 1. The maximum absolute atomic E-state index is 11.1. The molecule has 3 amide bonds. The van der Waals surface area contributed by atoms with Crippen molar-refractivity contribution < 1.29 is 62.7 Å². The Morgan fingerprint density at radius 2 is 0.944 bits per heavy atom. The van der Waals surface area contributed by atoms with E-state index in [-0.39, 0.29) is 35.6 Å². The Morgan fingerprint density at radius 3 is 1.30 bits per heavy atom. The maximum atomic E-state index is 11.1. The molecule has 0 unspecified atom stereocenters. The van der Waals surface area contributed by atoms with Gasteiger partial charge in [-0.25, -0.2) is 28.8 Å². The van der Waals surface area contributed by atoms with E-state index in [0.717, 1.165) is 165 Å². The third-order valence-electron chi connectivity index (χ3n) is 17.1. The molecule has 36 heteroatoms. The zero-order valence-electron chi connectivity index (χ0n) is 85.5. The van der Waals surface area contributed by atoms with Crippen molar-refractivity contribution in [2.24, 2.45) is 89.7 Å². The third kappa shape index (κ3) is 127. The van der Waals surface area contributed by atoms with E-state index in [9.17, 15) is 52.8 Å². The molecule has 0 aliphatic carbocycles. The van der Waals surface area contributed by atoms with Gasteiger partial charge in [-0.05, 0) is 172 Å². The van der Waals surface area contributed by atoms with Crippen LogP contribution in [-0.2, 0) is 64.6 Å². The summed E-state index contributed by atoms with van der Waals surface area (Å²) in [5, 5.41) is 34.5. The Labute approximate surface area is 770 Å². The number of aliphatic imine (C=N–C) groups is 2. The van der Waals surface area contributed by atoms with Gasteiger partial charge in [0, 0.05) is 132 Å². The molecule has 746 valence electrons. The van der Waals surface area contributed by atoms with Gasteiger partial charge in [0.25, 0.3) is 10.2 Å². The average Bonchev–Trinajstić information content (AvgIpc) is 1.47. The number of nitrogens with two attached hydrogens (primary N) is 4. The lowest BCUT2D eigenvalue weighted by atomic mass is 9.89. The second-order valence-electron chi connectivity index (χ2n) is 41.1. The number of carbonyl (C=O) groups excluding carboxylic acids is 4. The van der Waals surface area contributed by atoms with Gasteiger partial charge in [0.1, 0.15) is 36.5 Å². The van der Waals surface area contributed by atoms with Crippen molar-refractivity contribution in [3.05, 3.63) is 11.6 Å². The second kappa shape index (κ2) is 72.5. The number of aliphatic hydroxyl groups excluding tert-OH is 1. The second-order valence-corrected chi connectivity index (χ2v) is 47.5. The topological polar surface area (TPSA) is 471 Å². The smallest absolute Gasteiger partial charge is 0.318 e. The number of amides is 3. The highest BCUT2D eigenvalue weighted by Crippen LogP contribution is 2.27. The number of methoxy groups -OCH3 is 1. The molecule has 1 aromatic rings. The predicted octanol–water partition coefficient (Wildman–Crippen LogP) is 16.6. The largest absolute Gasteiger partial charge is 0.387 e. The number of amidine groups is 3. The maximum Gasteiger partial charge on any atom is 0.318 e. The van der Waals surface area contributed by atoms with Crippen molar-refractivity contribution in [3.8, 4) is 0 Å². The van der Waals surface area contributed by atoms with Crippen LogP contribution >= 0.6 is 11.3 Å². The molecule has 0 saturated carbocycles. The number of anilines is 1. The first kappa shape index (κ1) is 135. The minimum atomic E-state index is -3.83. The van der Waals surface area contributed by atoms with E-state index in [2.05, 4.69) is 227 Å². The van der Waals surface area contributed by atoms with E-state index in [1.165, 1.54) is 26.4 Å². The molecule has 0 atom stereocenters. The van der Waals surface area contributed by atoms with Crippen molar-refractivity contribution in [1.82, 2.24) is 39.8 Å². The van der Waals surface area contributed by atoms with Gasteiger partial charge in [-0.3, -0.25) is 38.6 Å². The highest BCUT2D eigenvalue weighted by molar-refractivity contribution is 7.89. The summed E-state index contributed by atoms with van der Waals surface area (Å²) in [5.74, 6) is 3.13. The number of thiazole rings is 1. The summed E-state index contributed by atoms with van der Waals surface area (Å²) in [5.41, 5.74) is 7.80. The summed E-state index contributed by atoms with van der Waals surface area (Å²) in [6, 6.07) is 0. The number of rotatable bonds is 42. The van der Waals surface area contributed by atoms with Crippen molar-refractivity contribution in [3.63, 3.8) is 0 Å². The number of sulfonamides is 1. The van der Waals surface area contributed by atoms with Crippen molar-refractivity contribution in [2.45, 2.75) is 361 Å². The molecule has 0 aromatic carbocycles. The van der Waals surface area contributed by atoms with Crippen LogP contribution in [0.25, 0.3) is 0 Å². The van der Waals surface area contributed by atoms with Crippen molar-refractivity contribution in [2.75, 3.05) is 106 Å². The first-order valence-corrected chi connectivity index (χ1v) is 52.0. The van der Waals surface area contributed by atoms with Crippen molar-refractivity contribution in [1.29, 1.82) is 0 Å². The summed E-state index contributed by atoms with van der Waals surface area (Å²) in [7, 11) is -4.40. The van der Waals surface area contributed by atoms with E-state index in [1.807, 2.05) is 30.3 Å². The number of aromatic nitrogens is 1. The first-order chi connectivity index (χ1) is 56.5.